The molecule has 3 rings (SSSR count). The minimum atomic E-state index is -0.339. The molecule has 0 saturated carbocycles. The second kappa shape index (κ2) is 6.47. The number of carbonyl (C=O) groups is 1. The number of fused-ring (bicyclic) bond motifs is 1. The number of nitrogens with zero attached hydrogens (tertiary/aromatic N) is 2. The molecule has 7 heteroatoms. The lowest BCUT2D eigenvalue weighted by molar-refractivity contribution is -0.140. The van der Waals surface area contributed by atoms with E-state index in [4.69, 9.17) is 12.2 Å². The predicted octanol–water partition coefficient (Wildman–Crippen LogP) is 3.80. The van der Waals surface area contributed by atoms with E-state index in [-0.39, 0.29) is 18.3 Å². The van der Waals surface area contributed by atoms with Gasteiger partial charge in [-0.1, -0.05) is 18.2 Å². The van der Waals surface area contributed by atoms with E-state index in [0.717, 1.165) is 16.8 Å². The monoisotopic (exact) mass is 346 g/mol. The Morgan fingerprint density at radius 2 is 2.26 bits per heavy atom. The van der Waals surface area contributed by atoms with Crippen LogP contribution in [0.2, 0.25) is 0 Å². The van der Waals surface area contributed by atoms with E-state index in [1.54, 1.807) is 10.8 Å². The van der Waals surface area contributed by atoms with Crippen molar-refractivity contribution in [3.8, 4) is 5.88 Å². The Bertz CT molecular complexity index is 878. The molecule has 2 heterocycles. The number of para-hydroxylation sites is 1. The molecule has 0 bridgehead atoms. The third-order valence-electron chi connectivity index (χ3n) is 3.51. The molecular weight excluding hydrogens is 332 g/mol. The van der Waals surface area contributed by atoms with Crippen LogP contribution in [0.15, 0.2) is 29.3 Å². The fourth-order valence-corrected chi connectivity index (χ4v) is 3.62. The van der Waals surface area contributed by atoms with Gasteiger partial charge in [-0.2, -0.15) is 0 Å². The number of carbonyl (C=O) groups excluding carboxylic acids is 1. The van der Waals surface area contributed by atoms with Gasteiger partial charge in [-0.05, 0) is 24.4 Å². The van der Waals surface area contributed by atoms with Gasteiger partial charge in [-0.15, -0.1) is 11.3 Å². The van der Waals surface area contributed by atoms with E-state index < -0.39 is 0 Å². The van der Waals surface area contributed by atoms with E-state index >= 15 is 0 Å². The highest BCUT2D eigenvalue weighted by Gasteiger charge is 2.15. The lowest BCUT2D eigenvalue weighted by Crippen LogP contribution is -2.06. The molecule has 1 N–H and O–H groups in total. The summed E-state index contributed by atoms with van der Waals surface area (Å²) < 4.78 is 6.67. The molecule has 5 nitrogen and oxygen atoms in total. The van der Waals surface area contributed by atoms with Gasteiger partial charge in [0.15, 0.2) is 3.95 Å². The molecule has 2 aromatic rings. The Balaban J connectivity index is 1.91. The third kappa shape index (κ3) is 3.11. The van der Waals surface area contributed by atoms with Gasteiger partial charge in [-0.3, -0.25) is 14.4 Å². The van der Waals surface area contributed by atoms with E-state index in [0.29, 0.717) is 15.4 Å². The number of aromatic hydroxyl groups is 1. The molecule has 0 radical (unpaired) electrons. The molecule has 0 aliphatic carbocycles. The summed E-state index contributed by atoms with van der Waals surface area (Å²) in [5.41, 5.74) is 2.85. The van der Waals surface area contributed by atoms with Crippen molar-refractivity contribution in [1.82, 2.24) is 4.57 Å². The van der Waals surface area contributed by atoms with Crippen LogP contribution in [-0.4, -0.2) is 29.0 Å². The van der Waals surface area contributed by atoms with E-state index in [9.17, 15) is 9.90 Å². The maximum absolute atomic E-state index is 11.3. The minimum Gasteiger partial charge on any atom is -0.493 e. The van der Waals surface area contributed by atoms with Crippen molar-refractivity contribution in [3.05, 3.63) is 38.7 Å². The van der Waals surface area contributed by atoms with Crippen LogP contribution in [0.4, 0.5) is 5.69 Å². The van der Waals surface area contributed by atoms with Crippen LogP contribution in [0, 0.1) is 3.95 Å². The van der Waals surface area contributed by atoms with Gasteiger partial charge in [0.1, 0.15) is 0 Å². The number of hydrogen-bond acceptors (Lipinski definition) is 6. The van der Waals surface area contributed by atoms with Gasteiger partial charge in [0.05, 0.1) is 24.1 Å². The quantitative estimate of drug-likeness (QED) is 0.675. The molecule has 0 fully saturated rings. The normalized spacial score (nSPS) is 14.2. The Kier molecular flexibility index (Phi) is 4.40. The highest BCUT2D eigenvalue weighted by Crippen LogP contribution is 2.35. The Labute approximate surface area is 142 Å². The van der Waals surface area contributed by atoms with Gasteiger partial charge in [0.2, 0.25) is 5.88 Å². The fraction of sp³-hybridized carbons (Fsp3) is 0.188. The van der Waals surface area contributed by atoms with Crippen molar-refractivity contribution in [1.29, 1.82) is 0 Å². The van der Waals surface area contributed by atoms with E-state index in [2.05, 4.69) is 9.73 Å². The van der Waals surface area contributed by atoms with Crippen molar-refractivity contribution in [2.75, 3.05) is 7.11 Å². The molecular formula is C16H14N2O3S2. The zero-order chi connectivity index (χ0) is 16.4. The summed E-state index contributed by atoms with van der Waals surface area (Å²) in [7, 11) is 1.34. The number of allylic oxidation sites excluding steroid dienone is 1. The van der Waals surface area contributed by atoms with Crippen molar-refractivity contribution < 1.29 is 14.6 Å². The summed E-state index contributed by atoms with van der Waals surface area (Å²) >= 11 is 6.57. The lowest BCUT2D eigenvalue weighted by Gasteiger charge is -2.03. The summed E-state index contributed by atoms with van der Waals surface area (Å²) in [6, 6.07) is 7.81. The summed E-state index contributed by atoms with van der Waals surface area (Å²) in [5.74, 6) is -0.275. The number of aromatic nitrogens is 1. The van der Waals surface area contributed by atoms with Gasteiger partial charge in [0.25, 0.3) is 0 Å². The second-order valence-electron chi connectivity index (χ2n) is 4.91. The van der Waals surface area contributed by atoms with Crippen molar-refractivity contribution in [3.63, 3.8) is 0 Å². The Morgan fingerprint density at radius 1 is 1.48 bits per heavy atom. The first-order chi connectivity index (χ1) is 11.1. The zero-order valence-corrected chi connectivity index (χ0v) is 14.0. The predicted molar refractivity (Wildman–Crippen MR) is 93.9 cm³/mol. The number of ether oxygens (including phenoxy) is 1. The molecule has 0 unspecified atom stereocenters. The maximum Gasteiger partial charge on any atom is 0.307 e. The SMILES string of the molecule is COC(=O)CCn1c(O)c(/C=C2\C=Nc3ccccc32)sc1=S. The molecule has 1 aliphatic rings. The molecule has 0 atom stereocenters. The zero-order valence-electron chi connectivity index (χ0n) is 12.4. The first-order valence-electron chi connectivity index (χ1n) is 6.94. The highest BCUT2D eigenvalue weighted by atomic mass is 32.1. The van der Waals surface area contributed by atoms with Crippen molar-refractivity contribution >= 4 is 53.1 Å². The van der Waals surface area contributed by atoms with Crippen LogP contribution >= 0.6 is 23.6 Å². The molecule has 118 valence electrons. The van der Waals surface area contributed by atoms with Crippen LogP contribution in [-0.2, 0) is 16.1 Å². The van der Waals surface area contributed by atoms with Crippen molar-refractivity contribution in [2.24, 2.45) is 4.99 Å². The third-order valence-corrected chi connectivity index (χ3v) is 4.89. The van der Waals surface area contributed by atoms with Gasteiger partial charge < -0.3 is 9.84 Å². The van der Waals surface area contributed by atoms with Crippen LogP contribution in [0.25, 0.3) is 11.6 Å². The number of thiazole rings is 1. The maximum atomic E-state index is 11.3. The minimum absolute atomic E-state index is 0.0641. The lowest BCUT2D eigenvalue weighted by atomic mass is 10.1. The molecule has 1 aliphatic heterocycles. The van der Waals surface area contributed by atoms with Gasteiger partial charge in [-0.25, -0.2) is 0 Å². The van der Waals surface area contributed by atoms with Crippen LogP contribution in [0.5, 0.6) is 5.88 Å². The number of rotatable bonds is 4. The number of esters is 1. The second-order valence-corrected chi connectivity index (χ2v) is 6.58. The summed E-state index contributed by atoms with van der Waals surface area (Å²) in [5, 5.41) is 10.4. The van der Waals surface area contributed by atoms with Gasteiger partial charge in [0, 0.05) is 23.9 Å². The summed E-state index contributed by atoms with van der Waals surface area (Å²) in [6.07, 6.45) is 3.79. The first kappa shape index (κ1) is 15.6. The average Bonchev–Trinajstić information content (AvgIpc) is 3.08. The Morgan fingerprint density at radius 3 is 3.04 bits per heavy atom. The van der Waals surface area contributed by atoms with Crippen LogP contribution in [0.3, 0.4) is 0 Å². The average molecular weight is 346 g/mol. The van der Waals surface area contributed by atoms with Gasteiger partial charge >= 0.3 is 5.97 Å². The smallest absolute Gasteiger partial charge is 0.307 e. The van der Waals surface area contributed by atoms with Crippen LogP contribution < -0.4 is 0 Å². The van der Waals surface area contributed by atoms with Crippen LogP contribution in [0.1, 0.15) is 16.9 Å². The largest absolute Gasteiger partial charge is 0.493 e. The number of aliphatic imine (C=N–C) groups is 1. The molecule has 1 aromatic carbocycles. The first-order valence-corrected chi connectivity index (χ1v) is 8.17. The molecule has 23 heavy (non-hydrogen) atoms. The standard InChI is InChI=1S/C16H14N2O3S2/c1-21-14(19)6-7-18-15(20)13(23-16(18)22)8-10-9-17-12-5-3-2-4-11(10)12/h2-5,8-9,20H,6-7H2,1H3/b10-8+. The summed E-state index contributed by atoms with van der Waals surface area (Å²) in [6.45, 7) is 0.293. The number of methoxy groups -OCH3 is 1. The highest BCUT2D eigenvalue weighted by molar-refractivity contribution is 7.73. The van der Waals surface area contributed by atoms with E-state index in [1.165, 1.54) is 18.4 Å². The Hall–Kier alpha value is -2.25. The number of benzene rings is 1. The topological polar surface area (TPSA) is 63.8 Å². The summed E-state index contributed by atoms with van der Waals surface area (Å²) in [4.78, 5) is 16.2. The number of hydrogen-bond donors (Lipinski definition) is 1. The fourth-order valence-electron chi connectivity index (χ4n) is 2.31. The molecule has 1 aromatic heterocycles. The van der Waals surface area contributed by atoms with Crippen molar-refractivity contribution in [2.45, 2.75) is 13.0 Å². The molecule has 0 saturated heterocycles. The van der Waals surface area contributed by atoms with E-state index in [1.807, 2.05) is 30.3 Å². The molecule has 0 spiro atoms. The molecule has 0 amide bonds.